The van der Waals surface area contributed by atoms with Crippen molar-refractivity contribution in [1.82, 2.24) is 14.8 Å². The summed E-state index contributed by atoms with van der Waals surface area (Å²) in [7, 11) is 3.15. The summed E-state index contributed by atoms with van der Waals surface area (Å²) in [5.74, 6) is 1.18. The number of pyridine rings is 1. The van der Waals surface area contributed by atoms with Gasteiger partial charge in [0.15, 0.2) is 0 Å². The molecule has 0 amide bonds. The first-order valence-corrected chi connectivity index (χ1v) is 13.0. The molecule has 11 heteroatoms. The first kappa shape index (κ1) is 26.6. The van der Waals surface area contributed by atoms with E-state index in [0.29, 0.717) is 59.1 Å². The third kappa shape index (κ3) is 6.65. The van der Waals surface area contributed by atoms with Crippen LogP contribution < -0.4 is 10.1 Å². The maximum absolute atomic E-state index is 12.0. The number of methoxy groups -OCH3 is 1. The highest BCUT2D eigenvalue weighted by molar-refractivity contribution is 9.10. The lowest BCUT2D eigenvalue weighted by Crippen LogP contribution is -2.18. The molecule has 0 radical (unpaired) electrons. The molecule has 1 atom stereocenters. The Kier molecular flexibility index (Phi) is 8.42. The number of nitro benzene ring substituents is 1. The van der Waals surface area contributed by atoms with Gasteiger partial charge in [0.1, 0.15) is 5.69 Å². The monoisotopic (exact) mass is 571 g/mol. The lowest BCUT2D eigenvalue weighted by atomic mass is 9.97. The zero-order chi connectivity index (χ0) is 26.5. The largest absolute Gasteiger partial charge is 0.477 e. The van der Waals surface area contributed by atoms with E-state index in [-0.39, 0.29) is 10.6 Å². The zero-order valence-electron chi connectivity index (χ0n) is 21.1. The van der Waals surface area contributed by atoms with Crippen LogP contribution in [0.5, 0.6) is 5.88 Å². The Morgan fingerprint density at radius 2 is 2.11 bits per heavy atom. The Morgan fingerprint density at radius 1 is 1.32 bits per heavy atom. The van der Waals surface area contributed by atoms with Crippen LogP contribution in [0, 0.1) is 28.9 Å². The standard InChI is InChI=1S/C26H30BrN5O5/c1-16-11-19(26(33)36-3)12-22(30-16)21-15-29-31(2)25(21)37-10-4-5-18(17-6-7-17)14-28-23-13-20(27)8-9-24(23)32(34)35/h8-9,11-13,15,17-18,28H,4-7,10,14H2,1-3H3/t18-/m1/s1. The summed E-state index contributed by atoms with van der Waals surface area (Å²) in [5.41, 5.74) is 3.02. The van der Waals surface area contributed by atoms with Crippen molar-refractivity contribution in [2.24, 2.45) is 18.9 Å². The summed E-state index contributed by atoms with van der Waals surface area (Å²) in [6.07, 6.45) is 5.80. The van der Waals surface area contributed by atoms with Crippen LogP contribution in [-0.2, 0) is 11.8 Å². The minimum absolute atomic E-state index is 0.0740. The van der Waals surface area contributed by atoms with Crippen molar-refractivity contribution in [3.05, 3.63) is 62.4 Å². The number of aromatic nitrogens is 3. The van der Waals surface area contributed by atoms with Crippen LogP contribution in [0.15, 0.2) is 41.0 Å². The van der Waals surface area contributed by atoms with E-state index in [1.165, 1.54) is 26.0 Å². The van der Waals surface area contributed by atoms with E-state index in [1.54, 1.807) is 42.2 Å². The maximum atomic E-state index is 12.0. The van der Waals surface area contributed by atoms with Crippen LogP contribution in [0.25, 0.3) is 11.3 Å². The highest BCUT2D eigenvalue weighted by atomic mass is 79.9. The molecular formula is C26H30BrN5O5. The minimum atomic E-state index is -0.425. The van der Waals surface area contributed by atoms with Gasteiger partial charge in [-0.3, -0.25) is 15.1 Å². The van der Waals surface area contributed by atoms with Gasteiger partial charge in [-0.25, -0.2) is 9.48 Å². The molecule has 10 nitrogen and oxygen atoms in total. The van der Waals surface area contributed by atoms with Gasteiger partial charge >= 0.3 is 5.97 Å². The predicted octanol–water partition coefficient (Wildman–Crippen LogP) is 5.55. The molecule has 0 aliphatic heterocycles. The number of anilines is 1. The number of rotatable bonds is 12. The average Bonchev–Trinajstić information content (AvgIpc) is 3.65. The first-order chi connectivity index (χ1) is 17.8. The number of nitrogens with zero attached hydrogens (tertiary/aromatic N) is 4. The Balaban J connectivity index is 1.38. The Labute approximate surface area is 223 Å². The molecule has 1 N–H and O–H groups in total. The zero-order valence-corrected chi connectivity index (χ0v) is 22.7. The summed E-state index contributed by atoms with van der Waals surface area (Å²) in [6, 6.07) is 8.29. The Morgan fingerprint density at radius 3 is 2.81 bits per heavy atom. The molecule has 0 saturated heterocycles. The molecule has 0 spiro atoms. The lowest BCUT2D eigenvalue weighted by Gasteiger charge is -2.18. The van der Waals surface area contributed by atoms with Crippen molar-refractivity contribution < 1.29 is 19.2 Å². The summed E-state index contributed by atoms with van der Waals surface area (Å²) in [6.45, 7) is 2.98. The van der Waals surface area contributed by atoms with Gasteiger partial charge in [-0.2, -0.15) is 5.10 Å². The Hall–Kier alpha value is -3.47. The fourth-order valence-corrected chi connectivity index (χ4v) is 4.81. The van der Waals surface area contributed by atoms with E-state index < -0.39 is 5.97 Å². The second kappa shape index (κ2) is 11.7. The smallest absolute Gasteiger partial charge is 0.337 e. The van der Waals surface area contributed by atoms with E-state index in [0.717, 1.165) is 17.3 Å². The molecule has 0 unspecified atom stereocenters. The highest BCUT2D eigenvalue weighted by Crippen LogP contribution is 2.40. The van der Waals surface area contributed by atoms with E-state index >= 15 is 0 Å². The molecule has 37 heavy (non-hydrogen) atoms. The van der Waals surface area contributed by atoms with Crippen molar-refractivity contribution in [2.75, 3.05) is 25.6 Å². The first-order valence-electron chi connectivity index (χ1n) is 12.2. The number of carbonyl (C=O) groups is 1. The van der Waals surface area contributed by atoms with Gasteiger partial charge in [0.05, 0.1) is 41.7 Å². The number of ether oxygens (including phenoxy) is 2. The topological polar surface area (TPSA) is 121 Å². The van der Waals surface area contributed by atoms with Gasteiger partial charge in [0.2, 0.25) is 5.88 Å². The second-order valence-electron chi connectivity index (χ2n) is 9.25. The summed E-state index contributed by atoms with van der Waals surface area (Å²) >= 11 is 3.40. The van der Waals surface area contributed by atoms with Gasteiger partial charge < -0.3 is 14.8 Å². The van der Waals surface area contributed by atoms with Gasteiger partial charge in [-0.15, -0.1) is 0 Å². The maximum Gasteiger partial charge on any atom is 0.337 e. The molecule has 1 aliphatic carbocycles. The van der Waals surface area contributed by atoms with Crippen molar-refractivity contribution >= 4 is 33.3 Å². The molecule has 3 aromatic rings. The van der Waals surface area contributed by atoms with Crippen LogP contribution in [0.1, 0.15) is 41.7 Å². The summed E-state index contributed by atoms with van der Waals surface area (Å²) < 4.78 is 13.4. The van der Waals surface area contributed by atoms with Crippen molar-refractivity contribution in [2.45, 2.75) is 32.6 Å². The normalized spacial score (nSPS) is 13.7. The van der Waals surface area contributed by atoms with Gasteiger partial charge in [-0.05, 0) is 68.7 Å². The van der Waals surface area contributed by atoms with E-state index in [2.05, 4.69) is 31.3 Å². The number of nitrogens with one attached hydrogen (secondary N) is 1. The molecule has 0 bridgehead atoms. The van der Waals surface area contributed by atoms with Crippen molar-refractivity contribution in [1.29, 1.82) is 0 Å². The third-order valence-electron chi connectivity index (χ3n) is 6.49. The SMILES string of the molecule is COC(=O)c1cc(C)nc(-c2cnn(C)c2OCCC[C@H](CNc2cc(Br)ccc2[N+](=O)[O-])C2CC2)c1. The molecule has 2 aromatic heterocycles. The van der Waals surface area contributed by atoms with Crippen LogP contribution in [0.4, 0.5) is 11.4 Å². The lowest BCUT2D eigenvalue weighted by molar-refractivity contribution is -0.384. The van der Waals surface area contributed by atoms with Gasteiger partial charge in [0.25, 0.3) is 5.69 Å². The van der Waals surface area contributed by atoms with E-state index in [9.17, 15) is 14.9 Å². The summed E-state index contributed by atoms with van der Waals surface area (Å²) in [4.78, 5) is 27.6. The highest BCUT2D eigenvalue weighted by Gasteiger charge is 2.31. The molecule has 1 saturated carbocycles. The number of hydrogen-bond acceptors (Lipinski definition) is 8. The van der Waals surface area contributed by atoms with Crippen LogP contribution in [0.2, 0.25) is 0 Å². The number of carbonyl (C=O) groups excluding carboxylic acids is 1. The third-order valence-corrected chi connectivity index (χ3v) is 6.98. The fourth-order valence-electron chi connectivity index (χ4n) is 4.45. The number of nitro groups is 1. The van der Waals surface area contributed by atoms with Gasteiger partial charge in [-0.1, -0.05) is 15.9 Å². The minimum Gasteiger partial charge on any atom is -0.477 e. The number of aryl methyl sites for hydroxylation is 2. The van der Waals surface area contributed by atoms with Crippen LogP contribution in [-0.4, -0.2) is 45.9 Å². The van der Waals surface area contributed by atoms with Crippen LogP contribution >= 0.6 is 15.9 Å². The van der Waals surface area contributed by atoms with Crippen LogP contribution in [0.3, 0.4) is 0 Å². The number of hydrogen-bond donors (Lipinski definition) is 1. The quantitative estimate of drug-likeness (QED) is 0.130. The number of esters is 1. The number of benzene rings is 1. The second-order valence-corrected chi connectivity index (χ2v) is 10.2. The average molecular weight is 572 g/mol. The molecule has 1 aliphatic rings. The fraction of sp³-hybridized carbons (Fsp3) is 0.423. The molecule has 1 aromatic carbocycles. The van der Waals surface area contributed by atoms with Crippen molar-refractivity contribution in [3.8, 4) is 17.1 Å². The summed E-state index contributed by atoms with van der Waals surface area (Å²) in [5, 5.41) is 19.0. The molecule has 2 heterocycles. The molecule has 4 rings (SSSR count). The number of halogens is 1. The van der Waals surface area contributed by atoms with E-state index in [1.807, 2.05) is 6.92 Å². The molecule has 196 valence electrons. The van der Waals surface area contributed by atoms with Crippen molar-refractivity contribution in [3.63, 3.8) is 0 Å². The van der Waals surface area contributed by atoms with Gasteiger partial charge in [0, 0.05) is 29.8 Å². The molecular weight excluding hydrogens is 542 g/mol. The Bertz CT molecular complexity index is 1290. The predicted molar refractivity (Wildman–Crippen MR) is 143 cm³/mol. The molecule has 1 fully saturated rings. The van der Waals surface area contributed by atoms with E-state index in [4.69, 9.17) is 9.47 Å².